The normalized spacial score (nSPS) is 14.4. The average molecular weight is 439 g/mol. The summed E-state index contributed by atoms with van der Waals surface area (Å²) < 4.78 is 41.6. The van der Waals surface area contributed by atoms with Gasteiger partial charge < -0.3 is 4.57 Å². The van der Waals surface area contributed by atoms with E-state index in [1.165, 1.54) is 40.8 Å². The molecule has 1 aliphatic rings. The van der Waals surface area contributed by atoms with Crippen LogP contribution in [0.2, 0.25) is 0 Å². The van der Waals surface area contributed by atoms with Crippen molar-refractivity contribution in [2.75, 3.05) is 0 Å². The summed E-state index contributed by atoms with van der Waals surface area (Å²) in [7, 11) is 2.01. The molecule has 0 N–H and O–H groups in total. The highest BCUT2D eigenvalue weighted by Crippen LogP contribution is 2.31. The maximum Gasteiger partial charge on any atom is 0.435 e. The number of aryl methyl sites for hydroxylation is 2. The van der Waals surface area contributed by atoms with E-state index in [2.05, 4.69) is 14.8 Å². The monoisotopic (exact) mass is 439 g/mol. The van der Waals surface area contributed by atoms with Gasteiger partial charge in [0, 0.05) is 36.0 Å². The van der Waals surface area contributed by atoms with Crippen molar-refractivity contribution in [3.05, 3.63) is 69.9 Å². The molecule has 0 saturated heterocycles. The number of halogens is 3. The quantitative estimate of drug-likeness (QED) is 0.433. The van der Waals surface area contributed by atoms with Gasteiger partial charge in [-0.3, -0.25) is 9.36 Å². The van der Waals surface area contributed by atoms with E-state index in [0.717, 1.165) is 36.4 Å². The Morgan fingerprint density at radius 2 is 1.78 bits per heavy atom. The molecule has 0 spiro atoms. The van der Waals surface area contributed by atoms with Gasteiger partial charge in [0.25, 0.3) is 5.56 Å². The fourth-order valence-corrected chi connectivity index (χ4v) is 4.38. The van der Waals surface area contributed by atoms with Gasteiger partial charge in [-0.2, -0.15) is 13.2 Å². The zero-order valence-corrected chi connectivity index (χ0v) is 17.4. The van der Waals surface area contributed by atoms with Crippen molar-refractivity contribution in [1.29, 1.82) is 0 Å². The van der Waals surface area contributed by atoms with Crippen LogP contribution in [0.25, 0.3) is 28.1 Å². The van der Waals surface area contributed by atoms with E-state index >= 15 is 0 Å². The Kier molecular flexibility index (Phi) is 4.83. The molecule has 1 aliphatic carbocycles. The maximum atomic E-state index is 12.8. The molecule has 0 radical (unpaired) electrons. The third-order valence-corrected chi connectivity index (χ3v) is 6.01. The maximum absolute atomic E-state index is 12.8. The molecule has 0 saturated carbocycles. The first-order valence-electron chi connectivity index (χ1n) is 10.4. The lowest BCUT2D eigenvalue weighted by Gasteiger charge is -2.08. The smallest absolute Gasteiger partial charge is 0.332 e. The zero-order valence-electron chi connectivity index (χ0n) is 17.4. The summed E-state index contributed by atoms with van der Waals surface area (Å²) in [6.07, 6.45) is 2.62. The number of hydrogen-bond acceptors (Lipinski definition) is 4. The Labute approximate surface area is 181 Å². The van der Waals surface area contributed by atoms with Gasteiger partial charge in [0.1, 0.15) is 11.5 Å². The van der Waals surface area contributed by atoms with E-state index in [9.17, 15) is 18.0 Å². The predicted octanol–water partition coefficient (Wildman–Crippen LogP) is 4.47. The molecule has 164 valence electrons. The van der Waals surface area contributed by atoms with Crippen LogP contribution in [0.3, 0.4) is 0 Å². The van der Waals surface area contributed by atoms with E-state index in [0.29, 0.717) is 11.4 Å². The van der Waals surface area contributed by atoms with Crippen molar-refractivity contribution < 1.29 is 13.2 Å². The minimum atomic E-state index is -4.56. The topological polar surface area (TPSA) is 65.6 Å². The Balaban J connectivity index is 1.52. The van der Waals surface area contributed by atoms with Crippen LogP contribution in [-0.4, -0.2) is 24.3 Å². The molecule has 0 atom stereocenters. The molecule has 5 rings (SSSR count). The predicted molar refractivity (Wildman–Crippen MR) is 114 cm³/mol. The molecule has 4 aromatic heterocycles. The fourth-order valence-electron chi connectivity index (χ4n) is 4.38. The second-order valence-corrected chi connectivity index (χ2v) is 8.01. The van der Waals surface area contributed by atoms with Gasteiger partial charge in [-0.15, -0.1) is 10.2 Å². The molecular formula is C23H20F3N5O. The van der Waals surface area contributed by atoms with Crippen LogP contribution in [0.4, 0.5) is 13.2 Å². The van der Waals surface area contributed by atoms with E-state index in [4.69, 9.17) is 4.98 Å². The lowest BCUT2D eigenvalue weighted by atomic mass is 10.1. The standard InChI is InChI=1S/C23H20F3N5O/c1-30-18-6-4-2-3-5-15(18)16-7-10-20(27-22(16)30)31-12-11-14(13-21(31)32)17-8-9-19(29-28-17)23(24,25)26/h7-13H,2-6H2,1H3. The zero-order chi connectivity index (χ0) is 22.5. The van der Waals surface area contributed by atoms with Crippen LogP contribution in [0.1, 0.15) is 36.2 Å². The molecule has 0 amide bonds. The summed E-state index contributed by atoms with van der Waals surface area (Å²) >= 11 is 0. The average Bonchev–Trinajstić information content (AvgIpc) is 2.93. The highest BCUT2D eigenvalue weighted by Gasteiger charge is 2.32. The fraction of sp³-hybridized carbons (Fsp3) is 0.304. The van der Waals surface area contributed by atoms with E-state index in [-0.39, 0.29) is 11.3 Å². The lowest BCUT2D eigenvalue weighted by Crippen LogP contribution is -2.18. The summed E-state index contributed by atoms with van der Waals surface area (Å²) in [4.78, 5) is 17.5. The minimum absolute atomic E-state index is 0.192. The molecule has 0 fully saturated rings. The Morgan fingerprint density at radius 1 is 0.969 bits per heavy atom. The van der Waals surface area contributed by atoms with Crippen molar-refractivity contribution in [3.8, 4) is 17.1 Å². The number of hydrogen-bond donors (Lipinski definition) is 0. The largest absolute Gasteiger partial charge is 0.435 e. The second kappa shape index (κ2) is 7.58. The van der Waals surface area contributed by atoms with Gasteiger partial charge in [-0.25, -0.2) is 4.98 Å². The van der Waals surface area contributed by atoms with Crippen LogP contribution in [-0.2, 0) is 26.1 Å². The van der Waals surface area contributed by atoms with Gasteiger partial charge in [0.15, 0.2) is 5.69 Å². The molecule has 0 aromatic carbocycles. The van der Waals surface area contributed by atoms with Crippen molar-refractivity contribution in [3.63, 3.8) is 0 Å². The molecular weight excluding hydrogens is 419 g/mol. The minimum Gasteiger partial charge on any atom is -0.332 e. The third kappa shape index (κ3) is 3.47. The molecule has 0 bridgehead atoms. The van der Waals surface area contributed by atoms with Crippen molar-refractivity contribution >= 4 is 11.0 Å². The van der Waals surface area contributed by atoms with Crippen LogP contribution in [0, 0.1) is 0 Å². The highest BCUT2D eigenvalue weighted by molar-refractivity contribution is 5.83. The SMILES string of the molecule is Cn1c2c(c3ccc(-n4ccc(-c5ccc(C(F)(F)F)nn5)cc4=O)nc31)CCCCC2. The number of alkyl halides is 3. The Morgan fingerprint density at radius 3 is 2.50 bits per heavy atom. The summed E-state index contributed by atoms with van der Waals surface area (Å²) in [6.45, 7) is 0. The number of pyridine rings is 2. The van der Waals surface area contributed by atoms with Gasteiger partial charge >= 0.3 is 6.18 Å². The summed E-state index contributed by atoms with van der Waals surface area (Å²) in [5.41, 5.74) is 2.66. The number of fused-ring (bicyclic) bond motifs is 3. The molecule has 0 aliphatic heterocycles. The Hall–Kier alpha value is -3.49. The first kappa shape index (κ1) is 20.4. The second-order valence-electron chi connectivity index (χ2n) is 8.01. The van der Waals surface area contributed by atoms with E-state index in [1.54, 1.807) is 12.3 Å². The van der Waals surface area contributed by atoms with Crippen LogP contribution >= 0.6 is 0 Å². The molecule has 4 aromatic rings. The van der Waals surface area contributed by atoms with E-state index in [1.807, 2.05) is 19.2 Å². The molecule has 9 heteroatoms. The summed E-state index contributed by atoms with van der Waals surface area (Å²) in [5.74, 6) is 0.489. The first-order chi connectivity index (χ1) is 15.3. The lowest BCUT2D eigenvalue weighted by molar-refractivity contribution is -0.141. The van der Waals surface area contributed by atoms with Crippen molar-refractivity contribution in [2.24, 2.45) is 7.05 Å². The molecule has 6 nitrogen and oxygen atoms in total. The Bertz CT molecular complexity index is 1370. The molecule has 0 unspecified atom stereocenters. The molecule has 4 heterocycles. The van der Waals surface area contributed by atoms with Crippen LogP contribution in [0.5, 0.6) is 0 Å². The number of nitrogens with zero attached hydrogens (tertiary/aromatic N) is 5. The van der Waals surface area contributed by atoms with Crippen molar-refractivity contribution in [2.45, 2.75) is 38.3 Å². The van der Waals surface area contributed by atoms with Gasteiger partial charge in [-0.1, -0.05) is 6.42 Å². The third-order valence-electron chi connectivity index (χ3n) is 6.01. The summed E-state index contributed by atoms with van der Waals surface area (Å²) in [5, 5.41) is 7.96. The van der Waals surface area contributed by atoms with Gasteiger partial charge in [0.05, 0.1) is 5.69 Å². The summed E-state index contributed by atoms with van der Waals surface area (Å²) in [6, 6.07) is 8.84. The first-order valence-corrected chi connectivity index (χ1v) is 10.4. The van der Waals surface area contributed by atoms with Gasteiger partial charge in [0.2, 0.25) is 0 Å². The number of aromatic nitrogens is 5. The van der Waals surface area contributed by atoms with Crippen molar-refractivity contribution in [1.82, 2.24) is 24.3 Å². The van der Waals surface area contributed by atoms with E-state index < -0.39 is 11.9 Å². The van der Waals surface area contributed by atoms with Crippen LogP contribution < -0.4 is 5.56 Å². The van der Waals surface area contributed by atoms with Gasteiger partial charge in [-0.05, 0) is 61.6 Å². The number of rotatable bonds is 2. The van der Waals surface area contributed by atoms with Crippen LogP contribution in [0.15, 0.2) is 47.4 Å². The highest BCUT2D eigenvalue weighted by atomic mass is 19.4. The molecule has 32 heavy (non-hydrogen) atoms.